The standard InChI is InChI=1S/C23H31NO5S/c1-13(2)29-18(25)12-24-20(27)17(30-21(24)28)11-14-9-15(22(3,4)5)19(26)16(10-14)23(6,7)8/h9-11,13,26H,12H2,1-8H3/b17-11+. The zero-order valence-corrected chi connectivity index (χ0v) is 19.8. The van der Waals surface area contributed by atoms with E-state index in [1.165, 1.54) is 0 Å². The number of benzene rings is 1. The molecule has 1 saturated heterocycles. The molecule has 0 bridgehead atoms. The van der Waals surface area contributed by atoms with Crippen molar-refractivity contribution in [1.29, 1.82) is 0 Å². The van der Waals surface area contributed by atoms with Gasteiger partial charge in [0.1, 0.15) is 12.3 Å². The van der Waals surface area contributed by atoms with E-state index in [1.54, 1.807) is 19.9 Å². The predicted molar refractivity (Wildman–Crippen MR) is 119 cm³/mol. The molecular formula is C23H31NO5S. The van der Waals surface area contributed by atoms with Crippen LogP contribution in [0.15, 0.2) is 17.0 Å². The summed E-state index contributed by atoms with van der Waals surface area (Å²) in [6.45, 7) is 15.0. The molecule has 6 nitrogen and oxygen atoms in total. The number of ether oxygens (including phenoxy) is 1. The van der Waals surface area contributed by atoms with Gasteiger partial charge in [0.05, 0.1) is 11.0 Å². The first kappa shape index (κ1) is 24.0. The summed E-state index contributed by atoms with van der Waals surface area (Å²) in [7, 11) is 0. The van der Waals surface area contributed by atoms with Gasteiger partial charge >= 0.3 is 5.97 Å². The van der Waals surface area contributed by atoms with E-state index < -0.39 is 23.7 Å². The zero-order valence-electron chi connectivity index (χ0n) is 19.0. The predicted octanol–water partition coefficient (Wildman–Crippen LogP) is 4.98. The van der Waals surface area contributed by atoms with Crippen LogP contribution in [0.1, 0.15) is 72.1 Å². The van der Waals surface area contributed by atoms with Crippen LogP contribution in [0, 0.1) is 0 Å². The summed E-state index contributed by atoms with van der Waals surface area (Å²) in [5, 5.41) is 10.3. The third-order valence-electron chi connectivity index (χ3n) is 4.57. The second-order valence-corrected chi connectivity index (χ2v) is 10.8. The number of imide groups is 1. The van der Waals surface area contributed by atoms with Crippen molar-refractivity contribution < 1.29 is 24.2 Å². The SMILES string of the molecule is CC(C)OC(=O)CN1C(=O)S/C(=C/c2cc(C(C)(C)C)c(O)c(C(C)(C)C)c2)C1=O. The van der Waals surface area contributed by atoms with Gasteiger partial charge in [-0.25, -0.2) is 0 Å². The van der Waals surface area contributed by atoms with E-state index in [4.69, 9.17) is 4.74 Å². The average Bonchev–Trinajstić information content (AvgIpc) is 2.81. The lowest BCUT2D eigenvalue weighted by Gasteiger charge is -2.28. The van der Waals surface area contributed by atoms with Crippen molar-refractivity contribution in [3.8, 4) is 5.75 Å². The second kappa shape index (κ2) is 8.46. The lowest BCUT2D eigenvalue weighted by atomic mass is 9.78. The summed E-state index contributed by atoms with van der Waals surface area (Å²) >= 11 is 0.797. The van der Waals surface area contributed by atoms with Gasteiger partial charge in [-0.3, -0.25) is 19.3 Å². The highest BCUT2D eigenvalue weighted by Crippen LogP contribution is 2.41. The number of esters is 1. The summed E-state index contributed by atoms with van der Waals surface area (Å²) in [4.78, 5) is 38.1. The minimum atomic E-state index is -0.622. The number of phenolic OH excluding ortho intramolecular Hbond substituents is 1. The number of amides is 2. The lowest BCUT2D eigenvalue weighted by molar-refractivity contribution is -0.149. The molecule has 30 heavy (non-hydrogen) atoms. The van der Waals surface area contributed by atoms with Gasteiger partial charge in [0.25, 0.3) is 11.1 Å². The largest absolute Gasteiger partial charge is 0.507 e. The lowest BCUT2D eigenvalue weighted by Crippen LogP contribution is -2.35. The Morgan fingerprint density at radius 1 is 1.10 bits per heavy atom. The van der Waals surface area contributed by atoms with Crippen LogP contribution >= 0.6 is 11.8 Å². The van der Waals surface area contributed by atoms with E-state index in [2.05, 4.69) is 0 Å². The molecule has 1 heterocycles. The van der Waals surface area contributed by atoms with E-state index in [0.29, 0.717) is 0 Å². The first-order valence-electron chi connectivity index (χ1n) is 9.94. The van der Waals surface area contributed by atoms with Gasteiger partial charge in [-0.1, -0.05) is 41.5 Å². The minimum Gasteiger partial charge on any atom is -0.507 e. The normalized spacial score (nSPS) is 16.7. The molecule has 0 aliphatic carbocycles. The van der Waals surface area contributed by atoms with Crippen LogP contribution in [-0.2, 0) is 25.2 Å². The Hall–Kier alpha value is -2.28. The molecule has 2 amide bonds. The van der Waals surface area contributed by atoms with Crippen molar-refractivity contribution in [2.24, 2.45) is 0 Å². The highest BCUT2D eigenvalue weighted by molar-refractivity contribution is 8.18. The molecule has 1 aliphatic rings. The van der Waals surface area contributed by atoms with Crippen molar-refractivity contribution in [1.82, 2.24) is 4.90 Å². The van der Waals surface area contributed by atoms with Crippen LogP contribution in [0.3, 0.4) is 0 Å². The molecule has 0 spiro atoms. The molecule has 0 saturated carbocycles. The van der Waals surface area contributed by atoms with Gasteiger partial charge in [-0.05, 0) is 60.2 Å². The first-order chi connectivity index (χ1) is 13.6. The maximum Gasteiger partial charge on any atom is 0.326 e. The van der Waals surface area contributed by atoms with Gasteiger partial charge in [0.2, 0.25) is 0 Å². The molecule has 0 radical (unpaired) electrons. The van der Waals surface area contributed by atoms with Crippen LogP contribution in [-0.4, -0.2) is 39.8 Å². The Morgan fingerprint density at radius 2 is 1.60 bits per heavy atom. The van der Waals surface area contributed by atoms with Crippen molar-refractivity contribution in [3.05, 3.63) is 33.7 Å². The molecule has 0 unspecified atom stereocenters. The van der Waals surface area contributed by atoms with Crippen molar-refractivity contribution >= 4 is 35.0 Å². The number of hydrogen-bond donors (Lipinski definition) is 1. The van der Waals surface area contributed by atoms with Crippen molar-refractivity contribution in [2.45, 2.75) is 72.3 Å². The Morgan fingerprint density at radius 3 is 2.03 bits per heavy atom. The fourth-order valence-electron chi connectivity index (χ4n) is 3.10. The van der Waals surface area contributed by atoms with Gasteiger partial charge in [0.15, 0.2) is 0 Å². The van der Waals surface area contributed by atoms with Gasteiger partial charge < -0.3 is 9.84 Å². The summed E-state index contributed by atoms with van der Waals surface area (Å²) in [5.41, 5.74) is 1.63. The summed E-state index contributed by atoms with van der Waals surface area (Å²) < 4.78 is 5.04. The molecular weight excluding hydrogens is 402 g/mol. The molecule has 1 N–H and O–H groups in total. The molecule has 7 heteroatoms. The molecule has 0 aromatic heterocycles. The first-order valence-corrected chi connectivity index (χ1v) is 10.8. The minimum absolute atomic E-state index is 0.239. The van der Waals surface area contributed by atoms with Gasteiger partial charge in [0, 0.05) is 11.1 Å². The molecule has 1 fully saturated rings. The second-order valence-electron chi connectivity index (χ2n) is 9.77. The highest BCUT2D eigenvalue weighted by Gasteiger charge is 2.37. The van der Waals surface area contributed by atoms with Crippen molar-refractivity contribution in [3.63, 3.8) is 0 Å². The fraction of sp³-hybridized carbons (Fsp3) is 0.522. The van der Waals surface area contributed by atoms with Gasteiger partial charge in [-0.15, -0.1) is 0 Å². The number of aromatic hydroxyl groups is 1. The van der Waals surface area contributed by atoms with Gasteiger partial charge in [-0.2, -0.15) is 0 Å². The monoisotopic (exact) mass is 433 g/mol. The van der Waals surface area contributed by atoms with Crippen LogP contribution in [0.25, 0.3) is 6.08 Å². The number of phenols is 1. The maximum absolute atomic E-state index is 12.7. The van der Waals surface area contributed by atoms with Crippen LogP contribution in [0.2, 0.25) is 0 Å². The molecule has 0 atom stereocenters. The number of carbonyl (C=O) groups excluding carboxylic acids is 3. The Labute approximate surface area is 182 Å². The smallest absolute Gasteiger partial charge is 0.326 e. The molecule has 1 aromatic carbocycles. The van der Waals surface area contributed by atoms with Crippen LogP contribution < -0.4 is 0 Å². The van der Waals surface area contributed by atoms with Crippen LogP contribution in [0.4, 0.5) is 4.79 Å². The van der Waals surface area contributed by atoms with E-state index in [9.17, 15) is 19.5 Å². The summed E-state index contributed by atoms with van der Waals surface area (Å²) in [6.07, 6.45) is 1.32. The quantitative estimate of drug-likeness (QED) is 0.533. The van der Waals surface area contributed by atoms with E-state index in [0.717, 1.165) is 33.4 Å². The number of hydrogen-bond acceptors (Lipinski definition) is 6. The number of nitrogens with zero attached hydrogens (tertiary/aromatic N) is 1. The fourth-order valence-corrected chi connectivity index (χ4v) is 3.94. The Bertz CT molecular complexity index is 868. The maximum atomic E-state index is 12.7. The average molecular weight is 434 g/mol. The van der Waals surface area contributed by atoms with E-state index >= 15 is 0 Å². The summed E-state index contributed by atoms with van der Waals surface area (Å²) in [5.74, 6) is -0.895. The third-order valence-corrected chi connectivity index (χ3v) is 5.48. The molecule has 1 aromatic rings. The number of thioether (sulfide) groups is 1. The number of carbonyl (C=O) groups is 3. The third kappa shape index (κ3) is 5.45. The Kier molecular flexibility index (Phi) is 6.76. The molecule has 2 rings (SSSR count). The molecule has 164 valence electrons. The topological polar surface area (TPSA) is 83.9 Å². The molecule has 1 aliphatic heterocycles. The van der Waals surface area contributed by atoms with Crippen molar-refractivity contribution in [2.75, 3.05) is 6.54 Å². The van der Waals surface area contributed by atoms with E-state index in [-0.39, 0.29) is 27.6 Å². The van der Waals surface area contributed by atoms with E-state index in [1.807, 2.05) is 53.7 Å². The zero-order chi connectivity index (χ0) is 23.0. The highest BCUT2D eigenvalue weighted by atomic mass is 32.2. The van der Waals surface area contributed by atoms with Crippen LogP contribution in [0.5, 0.6) is 5.75 Å². The summed E-state index contributed by atoms with van der Waals surface area (Å²) in [6, 6.07) is 3.68. The Balaban J connectivity index is 2.44. The number of rotatable bonds is 4.